The second kappa shape index (κ2) is 6.35. The van der Waals surface area contributed by atoms with Gasteiger partial charge >= 0.3 is 6.18 Å². The molecule has 112 valence electrons. The van der Waals surface area contributed by atoms with Crippen molar-refractivity contribution < 1.29 is 13.2 Å². The van der Waals surface area contributed by atoms with Crippen molar-refractivity contribution in [3.63, 3.8) is 0 Å². The van der Waals surface area contributed by atoms with Gasteiger partial charge in [-0.25, -0.2) is 10.8 Å². The lowest BCUT2D eigenvalue weighted by Gasteiger charge is -2.11. The summed E-state index contributed by atoms with van der Waals surface area (Å²) in [5.74, 6) is 4.83. The third-order valence-electron chi connectivity index (χ3n) is 2.61. The minimum absolute atomic E-state index is 0.0549. The molecule has 0 amide bonds. The zero-order chi connectivity index (χ0) is 15.3. The topological polar surface area (TPSA) is 88.8 Å². The Morgan fingerprint density at radius 1 is 1.14 bits per heavy atom. The molecule has 0 atom stereocenters. The number of aromatic nitrogens is 3. The van der Waals surface area contributed by atoms with E-state index in [9.17, 15) is 13.2 Å². The van der Waals surface area contributed by atoms with Gasteiger partial charge in [0.15, 0.2) is 5.69 Å². The summed E-state index contributed by atoms with van der Waals surface area (Å²) in [5, 5.41) is 2.81. The Balaban J connectivity index is 2.05. The molecule has 2 rings (SSSR count). The standard InChI is InChI=1S/C12H13F3N6/c13-12(14,15)9-7-10(20-11(19-9)21-16)18-6-3-8-1-4-17-5-2-8/h1-2,4-5,7H,3,6,16H2,(H2,18,19,20,21). The van der Waals surface area contributed by atoms with Crippen molar-refractivity contribution in [3.05, 3.63) is 41.9 Å². The fraction of sp³-hybridized carbons (Fsp3) is 0.250. The Kier molecular flexibility index (Phi) is 4.53. The second-order valence-electron chi connectivity index (χ2n) is 4.14. The first-order chi connectivity index (χ1) is 9.99. The lowest BCUT2D eigenvalue weighted by atomic mass is 10.2. The third-order valence-corrected chi connectivity index (χ3v) is 2.61. The monoisotopic (exact) mass is 298 g/mol. The molecule has 0 aliphatic carbocycles. The molecule has 21 heavy (non-hydrogen) atoms. The molecule has 0 aliphatic rings. The van der Waals surface area contributed by atoms with E-state index in [1.54, 1.807) is 12.4 Å². The molecule has 0 saturated carbocycles. The van der Waals surface area contributed by atoms with E-state index in [2.05, 4.69) is 20.3 Å². The van der Waals surface area contributed by atoms with E-state index in [-0.39, 0.29) is 11.8 Å². The minimum Gasteiger partial charge on any atom is -0.370 e. The predicted octanol–water partition coefficient (Wildman–Crippen LogP) is 1.83. The largest absolute Gasteiger partial charge is 0.433 e. The van der Waals surface area contributed by atoms with Crippen LogP contribution in [0.25, 0.3) is 0 Å². The molecule has 0 aliphatic heterocycles. The van der Waals surface area contributed by atoms with Crippen LogP contribution in [-0.2, 0) is 12.6 Å². The van der Waals surface area contributed by atoms with Crippen molar-refractivity contribution in [2.75, 3.05) is 17.3 Å². The Labute approximate surface area is 118 Å². The van der Waals surface area contributed by atoms with Gasteiger partial charge < -0.3 is 5.32 Å². The first-order valence-electron chi connectivity index (χ1n) is 6.04. The van der Waals surface area contributed by atoms with Gasteiger partial charge in [0.05, 0.1) is 0 Å². The summed E-state index contributed by atoms with van der Waals surface area (Å²) in [6, 6.07) is 4.50. The molecule has 0 radical (unpaired) electrons. The van der Waals surface area contributed by atoms with Crippen molar-refractivity contribution in [2.24, 2.45) is 5.84 Å². The summed E-state index contributed by atoms with van der Waals surface area (Å²) in [4.78, 5) is 11.0. The van der Waals surface area contributed by atoms with Crippen molar-refractivity contribution in [2.45, 2.75) is 12.6 Å². The molecule has 0 aromatic carbocycles. The number of hydrazine groups is 1. The van der Waals surface area contributed by atoms with Crippen molar-refractivity contribution in [1.29, 1.82) is 0 Å². The molecule has 0 unspecified atom stereocenters. The number of nitrogens with zero attached hydrogens (tertiary/aromatic N) is 3. The van der Waals surface area contributed by atoms with E-state index >= 15 is 0 Å². The van der Waals surface area contributed by atoms with Crippen LogP contribution in [0.5, 0.6) is 0 Å². The fourth-order valence-electron chi connectivity index (χ4n) is 1.63. The summed E-state index contributed by atoms with van der Waals surface area (Å²) in [5.41, 5.74) is 1.97. The van der Waals surface area contributed by atoms with Crippen LogP contribution in [0, 0.1) is 0 Å². The normalized spacial score (nSPS) is 11.2. The van der Waals surface area contributed by atoms with E-state index < -0.39 is 11.9 Å². The summed E-state index contributed by atoms with van der Waals surface area (Å²) in [6.07, 6.45) is -0.633. The highest BCUT2D eigenvalue weighted by molar-refractivity contribution is 5.42. The number of rotatable bonds is 5. The molecule has 0 bridgehead atoms. The minimum atomic E-state index is -4.56. The van der Waals surface area contributed by atoms with Crippen LogP contribution in [0.1, 0.15) is 11.3 Å². The first-order valence-corrected chi connectivity index (χ1v) is 6.04. The highest BCUT2D eigenvalue weighted by Crippen LogP contribution is 2.29. The lowest BCUT2D eigenvalue weighted by Crippen LogP contribution is -2.17. The molecule has 0 spiro atoms. The van der Waals surface area contributed by atoms with Crippen molar-refractivity contribution in [1.82, 2.24) is 15.0 Å². The summed E-state index contributed by atoms with van der Waals surface area (Å²) in [7, 11) is 0. The predicted molar refractivity (Wildman–Crippen MR) is 71.3 cm³/mol. The molecule has 6 nitrogen and oxygen atoms in total. The molecule has 0 saturated heterocycles. The van der Waals surface area contributed by atoms with Gasteiger partial charge in [-0.05, 0) is 24.1 Å². The van der Waals surface area contributed by atoms with Crippen LogP contribution >= 0.6 is 0 Å². The highest BCUT2D eigenvalue weighted by Gasteiger charge is 2.33. The fourth-order valence-corrected chi connectivity index (χ4v) is 1.63. The molecule has 2 aromatic rings. The maximum Gasteiger partial charge on any atom is 0.433 e. The van der Waals surface area contributed by atoms with Gasteiger partial charge in [-0.1, -0.05) is 0 Å². The van der Waals surface area contributed by atoms with Crippen molar-refractivity contribution >= 4 is 11.8 Å². The average molecular weight is 298 g/mol. The summed E-state index contributed by atoms with van der Waals surface area (Å²) < 4.78 is 38.0. The number of nitrogen functional groups attached to an aromatic ring is 1. The van der Waals surface area contributed by atoms with E-state index in [0.717, 1.165) is 11.6 Å². The summed E-state index contributed by atoms with van der Waals surface area (Å²) in [6.45, 7) is 0.419. The molecule has 4 N–H and O–H groups in total. The van der Waals surface area contributed by atoms with E-state index in [1.165, 1.54) is 0 Å². The van der Waals surface area contributed by atoms with Crippen LogP contribution < -0.4 is 16.6 Å². The molecule has 2 heterocycles. The van der Waals surface area contributed by atoms with Gasteiger partial charge in [-0.15, -0.1) is 0 Å². The number of nitrogens with one attached hydrogen (secondary N) is 2. The number of alkyl halides is 3. The quantitative estimate of drug-likeness (QED) is 0.576. The number of pyridine rings is 1. The van der Waals surface area contributed by atoms with Gasteiger partial charge in [0.2, 0.25) is 5.95 Å². The maximum atomic E-state index is 12.7. The van der Waals surface area contributed by atoms with Gasteiger partial charge in [-0.2, -0.15) is 18.2 Å². The highest BCUT2D eigenvalue weighted by atomic mass is 19.4. The molecule has 2 aromatic heterocycles. The van der Waals surface area contributed by atoms with Crippen LogP contribution in [0.2, 0.25) is 0 Å². The number of nitrogens with two attached hydrogens (primary N) is 1. The van der Waals surface area contributed by atoms with Gasteiger partial charge in [-0.3, -0.25) is 10.4 Å². The SMILES string of the molecule is NNc1nc(NCCc2ccncc2)cc(C(F)(F)F)n1. The molecule has 9 heteroatoms. The zero-order valence-electron chi connectivity index (χ0n) is 10.9. The van der Waals surface area contributed by atoms with Crippen LogP contribution in [0.3, 0.4) is 0 Å². The smallest absolute Gasteiger partial charge is 0.370 e. The Morgan fingerprint density at radius 2 is 1.86 bits per heavy atom. The van der Waals surface area contributed by atoms with Gasteiger partial charge in [0.25, 0.3) is 0 Å². The van der Waals surface area contributed by atoms with E-state index in [0.29, 0.717) is 13.0 Å². The van der Waals surface area contributed by atoms with E-state index in [1.807, 2.05) is 17.6 Å². The Hall–Kier alpha value is -2.42. The third kappa shape index (κ3) is 4.28. The Bertz CT molecular complexity index is 587. The average Bonchev–Trinajstić information content (AvgIpc) is 2.47. The Morgan fingerprint density at radius 3 is 2.48 bits per heavy atom. The maximum absolute atomic E-state index is 12.7. The van der Waals surface area contributed by atoms with Gasteiger partial charge in [0, 0.05) is 25.0 Å². The van der Waals surface area contributed by atoms with Crippen LogP contribution in [0.15, 0.2) is 30.6 Å². The number of hydrogen-bond donors (Lipinski definition) is 3. The van der Waals surface area contributed by atoms with E-state index in [4.69, 9.17) is 5.84 Å². The number of anilines is 2. The number of halogens is 3. The van der Waals surface area contributed by atoms with Gasteiger partial charge in [0.1, 0.15) is 5.82 Å². The number of hydrogen-bond acceptors (Lipinski definition) is 6. The molecular formula is C12H13F3N6. The first kappa shape index (κ1) is 15.0. The van der Waals surface area contributed by atoms with Crippen LogP contribution in [0.4, 0.5) is 24.9 Å². The molecular weight excluding hydrogens is 285 g/mol. The second-order valence-corrected chi connectivity index (χ2v) is 4.14. The lowest BCUT2D eigenvalue weighted by molar-refractivity contribution is -0.141. The van der Waals surface area contributed by atoms with Crippen molar-refractivity contribution in [3.8, 4) is 0 Å². The zero-order valence-corrected chi connectivity index (χ0v) is 10.9. The summed E-state index contributed by atoms with van der Waals surface area (Å²) >= 11 is 0. The molecule has 0 fully saturated rings. The van der Waals surface area contributed by atoms with Crippen LogP contribution in [-0.4, -0.2) is 21.5 Å².